The molecule has 0 fully saturated rings. The van der Waals surface area contributed by atoms with Gasteiger partial charge in [-0.05, 0) is 18.2 Å². The Morgan fingerprint density at radius 3 is 2.95 bits per heavy atom. The third-order valence-corrected chi connectivity index (χ3v) is 2.80. The molecule has 102 valence electrons. The number of carbonyl (C=O) groups excluding carboxylic acids is 1. The lowest BCUT2D eigenvalue weighted by Gasteiger charge is -2.04. The summed E-state index contributed by atoms with van der Waals surface area (Å²) >= 11 is 5.88. The van der Waals surface area contributed by atoms with Crippen molar-refractivity contribution >= 4 is 17.5 Å². The van der Waals surface area contributed by atoms with Gasteiger partial charge in [0.05, 0.1) is 16.1 Å². The van der Waals surface area contributed by atoms with Gasteiger partial charge in [0.25, 0.3) is 5.91 Å². The average molecular weight is 292 g/mol. The maximum atomic E-state index is 11.2. The summed E-state index contributed by atoms with van der Waals surface area (Å²) in [4.78, 5) is 11.2. The first-order chi connectivity index (χ1) is 9.63. The molecule has 2 aromatic rings. The van der Waals surface area contributed by atoms with Crippen molar-refractivity contribution in [3.8, 4) is 11.8 Å². The lowest BCUT2D eigenvalue weighted by atomic mass is 10.2. The lowest BCUT2D eigenvalue weighted by Crippen LogP contribution is -2.29. The average Bonchev–Trinajstić information content (AvgIpc) is 2.93. The van der Waals surface area contributed by atoms with E-state index < -0.39 is 5.91 Å². The van der Waals surface area contributed by atoms with E-state index in [-0.39, 0.29) is 6.61 Å². The molecule has 0 bridgehead atoms. The molecule has 1 amide bonds. The van der Waals surface area contributed by atoms with E-state index in [9.17, 15) is 4.79 Å². The number of rotatable bonds is 4. The molecular formula is C13H10ClN3O3. The minimum absolute atomic E-state index is 0.125. The highest BCUT2D eigenvalue weighted by atomic mass is 35.5. The molecule has 20 heavy (non-hydrogen) atoms. The van der Waals surface area contributed by atoms with E-state index in [1.54, 1.807) is 12.1 Å². The van der Waals surface area contributed by atoms with E-state index in [2.05, 4.69) is 0 Å². The van der Waals surface area contributed by atoms with Crippen LogP contribution in [-0.4, -0.2) is 5.91 Å². The van der Waals surface area contributed by atoms with E-state index >= 15 is 0 Å². The first kappa shape index (κ1) is 13.9. The Balaban J connectivity index is 2.02. The van der Waals surface area contributed by atoms with Crippen LogP contribution in [0.5, 0.6) is 5.75 Å². The second-order valence-corrected chi connectivity index (χ2v) is 4.22. The normalized spacial score (nSPS) is 9.85. The van der Waals surface area contributed by atoms with Crippen LogP contribution in [0.3, 0.4) is 0 Å². The van der Waals surface area contributed by atoms with Crippen LogP contribution in [0.15, 0.2) is 34.9 Å². The maximum absolute atomic E-state index is 11.2. The van der Waals surface area contributed by atoms with E-state index in [1.807, 2.05) is 11.5 Å². The molecule has 1 heterocycles. The number of carbonyl (C=O) groups is 1. The zero-order valence-corrected chi connectivity index (χ0v) is 11.0. The topological polar surface area (TPSA) is 101 Å². The van der Waals surface area contributed by atoms with Crippen LogP contribution < -0.4 is 16.0 Å². The summed E-state index contributed by atoms with van der Waals surface area (Å²) in [6.07, 6.45) is 1.28. The number of nitrogens with zero attached hydrogens (tertiary/aromatic N) is 1. The van der Waals surface area contributed by atoms with Crippen molar-refractivity contribution in [1.82, 2.24) is 5.43 Å². The number of hydrogen-bond donors (Lipinski definition) is 2. The summed E-state index contributed by atoms with van der Waals surface area (Å²) in [5.74, 6) is 5.52. The van der Waals surface area contributed by atoms with Crippen molar-refractivity contribution in [2.45, 2.75) is 6.61 Å². The van der Waals surface area contributed by atoms with Crippen molar-refractivity contribution in [2.75, 3.05) is 0 Å². The molecule has 0 aliphatic heterocycles. The highest BCUT2D eigenvalue weighted by Crippen LogP contribution is 2.22. The quantitative estimate of drug-likeness (QED) is 0.509. The number of benzene rings is 1. The molecule has 3 N–H and O–H groups in total. The van der Waals surface area contributed by atoms with E-state index in [4.69, 9.17) is 31.9 Å². The largest absolute Gasteiger partial charge is 0.486 e. The lowest BCUT2D eigenvalue weighted by molar-refractivity contribution is 0.0953. The van der Waals surface area contributed by atoms with Gasteiger partial charge in [0.15, 0.2) is 0 Å². The first-order valence-corrected chi connectivity index (χ1v) is 5.92. The summed E-state index contributed by atoms with van der Waals surface area (Å²) in [5.41, 5.74) is 2.68. The van der Waals surface area contributed by atoms with Gasteiger partial charge in [-0.25, -0.2) is 5.84 Å². The van der Waals surface area contributed by atoms with Crippen LogP contribution in [0.4, 0.5) is 0 Å². The maximum Gasteiger partial charge on any atom is 0.268 e. The van der Waals surface area contributed by atoms with E-state index in [0.29, 0.717) is 27.7 Å². The Morgan fingerprint density at radius 2 is 2.30 bits per heavy atom. The Kier molecular flexibility index (Phi) is 4.25. The Morgan fingerprint density at radius 1 is 1.50 bits per heavy atom. The number of halogens is 1. The molecule has 0 saturated carbocycles. The number of nitrogen functional groups attached to an aromatic ring is 1. The number of amides is 1. The number of nitrogens with two attached hydrogens (primary N) is 1. The molecule has 7 heteroatoms. The van der Waals surface area contributed by atoms with Gasteiger partial charge in [0.1, 0.15) is 30.4 Å². The number of hydrogen-bond acceptors (Lipinski definition) is 5. The van der Waals surface area contributed by atoms with Gasteiger partial charge >= 0.3 is 0 Å². The zero-order chi connectivity index (χ0) is 14.5. The minimum atomic E-state index is -0.443. The number of nitrogens with one attached hydrogen (secondary N) is 1. The molecule has 0 spiro atoms. The van der Waals surface area contributed by atoms with Crippen molar-refractivity contribution in [3.05, 3.63) is 52.4 Å². The number of ether oxygens (including phenoxy) is 1. The zero-order valence-electron chi connectivity index (χ0n) is 10.2. The van der Waals surface area contributed by atoms with Gasteiger partial charge in [0.2, 0.25) is 0 Å². The molecule has 0 saturated heterocycles. The molecule has 2 rings (SSSR count). The van der Waals surface area contributed by atoms with Gasteiger partial charge < -0.3 is 9.15 Å². The minimum Gasteiger partial charge on any atom is -0.486 e. The molecule has 1 aromatic heterocycles. The summed E-state index contributed by atoms with van der Waals surface area (Å²) < 4.78 is 10.6. The molecule has 6 nitrogen and oxygen atoms in total. The van der Waals surface area contributed by atoms with Gasteiger partial charge in [0, 0.05) is 6.07 Å². The summed E-state index contributed by atoms with van der Waals surface area (Å²) in [6.45, 7) is 0.125. The second kappa shape index (κ2) is 6.10. The Hall–Kier alpha value is -2.49. The fourth-order valence-electron chi connectivity index (χ4n) is 1.49. The molecule has 1 aromatic carbocycles. The fourth-order valence-corrected chi connectivity index (χ4v) is 1.70. The van der Waals surface area contributed by atoms with Crippen LogP contribution in [0.1, 0.15) is 21.7 Å². The summed E-state index contributed by atoms with van der Waals surface area (Å²) in [6, 6.07) is 8.20. The SMILES string of the molecule is N#Cc1ccc(OCc2cc(C(=O)NN)co2)cc1Cl. The Labute approximate surface area is 119 Å². The monoisotopic (exact) mass is 291 g/mol. The van der Waals surface area contributed by atoms with Crippen LogP contribution in [-0.2, 0) is 6.61 Å². The van der Waals surface area contributed by atoms with Gasteiger partial charge in [-0.15, -0.1) is 0 Å². The molecular weight excluding hydrogens is 282 g/mol. The van der Waals surface area contributed by atoms with Crippen LogP contribution in [0, 0.1) is 11.3 Å². The third kappa shape index (κ3) is 3.09. The second-order valence-electron chi connectivity index (χ2n) is 3.82. The smallest absolute Gasteiger partial charge is 0.268 e. The highest BCUT2D eigenvalue weighted by molar-refractivity contribution is 6.31. The van der Waals surface area contributed by atoms with Gasteiger partial charge in [-0.3, -0.25) is 10.2 Å². The van der Waals surface area contributed by atoms with Crippen molar-refractivity contribution in [3.63, 3.8) is 0 Å². The molecule has 0 unspecified atom stereocenters. The number of nitriles is 1. The standard InChI is InChI=1S/C13H10ClN3O3/c14-12-4-10(2-1-8(12)5-15)20-7-11-3-9(6-19-11)13(18)17-16/h1-4,6H,7,16H2,(H,17,18). The van der Waals surface area contributed by atoms with E-state index in [1.165, 1.54) is 18.4 Å². The summed E-state index contributed by atoms with van der Waals surface area (Å²) in [7, 11) is 0. The predicted molar refractivity (Wildman–Crippen MR) is 70.9 cm³/mol. The third-order valence-electron chi connectivity index (χ3n) is 2.49. The van der Waals surface area contributed by atoms with Crippen LogP contribution in [0.25, 0.3) is 0 Å². The first-order valence-electron chi connectivity index (χ1n) is 5.55. The van der Waals surface area contributed by atoms with E-state index in [0.717, 1.165) is 0 Å². The highest BCUT2D eigenvalue weighted by Gasteiger charge is 2.09. The predicted octanol–water partition coefficient (Wildman–Crippen LogP) is 1.99. The molecule has 0 aliphatic rings. The Bertz CT molecular complexity index is 676. The fraction of sp³-hybridized carbons (Fsp3) is 0.0769. The summed E-state index contributed by atoms with van der Waals surface area (Å²) in [5, 5.41) is 9.07. The number of furan rings is 1. The van der Waals surface area contributed by atoms with Crippen molar-refractivity contribution in [1.29, 1.82) is 5.26 Å². The number of hydrazine groups is 1. The van der Waals surface area contributed by atoms with Crippen molar-refractivity contribution < 1.29 is 13.9 Å². The van der Waals surface area contributed by atoms with Gasteiger partial charge in [-0.2, -0.15) is 5.26 Å². The molecule has 0 aliphatic carbocycles. The molecule has 0 atom stereocenters. The molecule has 0 radical (unpaired) electrons. The van der Waals surface area contributed by atoms with Crippen LogP contribution in [0.2, 0.25) is 5.02 Å². The van der Waals surface area contributed by atoms with Crippen molar-refractivity contribution in [2.24, 2.45) is 5.84 Å². The van der Waals surface area contributed by atoms with Gasteiger partial charge in [-0.1, -0.05) is 11.6 Å². The van der Waals surface area contributed by atoms with Crippen LogP contribution >= 0.6 is 11.6 Å².